The first kappa shape index (κ1) is 22.1. The van der Waals surface area contributed by atoms with Crippen molar-refractivity contribution in [1.29, 1.82) is 0 Å². The van der Waals surface area contributed by atoms with Gasteiger partial charge in [0, 0.05) is 18.7 Å². The summed E-state index contributed by atoms with van der Waals surface area (Å²) in [5.41, 5.74) is 1.28. The molecule has 7 nitrogen and oxygen atoms in total. The van der Waals surface area contributed by atoms with Crippen molar-refractivity contribution in [2.24, 2.45) is 11.8 Å². The largest absolute Gasteiger partial charge is 0.496 e. The molecule has 2 aromatic rings. The van der Waals surface area contributed by atoms with E-state index in [1.165, 1.54) is 7.11 Å². The highest BCUT2D eigenvalue weighted by molar-refractivity contribution is 5.89. The number of carbonyl (C=O) groups is 2. The lowest BCUT2D eigenvalue weighted by Crippen LogP contribution is -2.42. The van der Waals surface area contributed by atoms with E-state index in [0.717, 1.165) is 11.3 Å². The van der Waals surface area contributed by atoms with E-state index in [4.69, 9.17) is 14.2 Å². The van der Waals surface area contributed by atoms with Gasteiger partial charge in [-0.3, -0.25) is 4.79 Å². The number of benzene rings is 2. The summed E-state index contributed by atoms with van der Waals surface area (Å²) in [5, 5.41) is 10.7. The van der Waals surface area contributed by atoms with E-state index in [2.05, 4.69) is 0 Å². The van der Waals surface area contributed by atoms with Crippen LogP contribution in [0.2, 0.25) is 0 Å². The number of para-hydroxylation sites is 1. The van der Waals surface area contributed by atoms with Crippen LogP contribution < -0.4 is 9.47 Å². The number of rotatable bonds is 6. The number of esters is 1. The van der Waals surface area contributed by atoms with E-state index >= 15 is 0 Å². The Balaban J connectivity index is 1.38. The fourth-order valence-electron chi connectivity index (χ4n) is 4.83. The van der Waals surface area contributed by atoms with Gasteiger partial charge in [0.2, 0.25) is 5.91 Å². The Kier molecular flexibility index (Phi) is 6.65. The summed E-state index contributed by atoms with van der Waals surface area (Å²) in [7, 11) is 2.94. The minimum absolute atomic E-state index is 0.0710. The Morgan fingerprint density at radius 1 is 1.03 bits per heavy atom. The van der Waals surface area contributed by atoms with Crippen LogP contribution in [0.4, 0.5) is 0 Å². The van der Waals surface area contributed by atoms with E-state index in [1.807, 2.05) is 29.2 Å². The summed E-state index contributed by atoms with van der Waals surface area (Å²) < 4.78 is 16.2. The fraction of sp³-hybridized carbons (Fsp3) is 0.440. The second-order valence-electron chi connectivity index (χ2n) is 8.52. The molecule has 0 radical (unpaired) electrons. The number of likely N-dealkylation sites (tertiary alicyclic amines) is 1. The lowest BCUT2D eigenvalue weighted by atomic mass is 9.78. The van der Waals surface area contributed by atoms with E-state index in [9.17, 15) is 14.7 Å². The molecule has 2 aromatic carbocycles. The van der Waals surface area contributed by atoms with Crippen molar-refractivity contribution in [3.05, 3.63) is 59.7 Å². The Morgan fingerprint density at radius 2 is 1.78 bits per heavy atom. The summed E-state index contributed by atoms with van der Waals surface area (Å²) in [6.07, 6.45) is 0.541. The van der Waals surface area contributed by atoms with Crippen LogP contribution in [0.3, 0.4) is 0 Å². The van der Waals surface area contributed by atoms with Gasteiger partial charge in [-0.2, -0.15) is 0 Å². The van der Waals surface area contributed by atoms with E-state index in [1.54, 1.807) is 31.4 Å². The Morgan fingerprint density at radius 3 is 2.53 bits per heavy atom. The Bertz CT molecular complexity index is 976. The van der Waals surface area contributed by atoms with Crippen molar-refractivity contribution < 1.29 is 28.9 Å². The molecule has 2 aliphatic rings. The van der Waals surface area contributed by atoms with Gasteiger partial charge in [-0.05, 0) is 48.9 Å². The van der Waals surface area contributed by atoms with Crippen molar-refractivity contribution in [3.63, 3.8) is 0 Å². The highest BCUT2D eigenvalue weighted by Crippen LogP contribution is 2.38. The predicted molar refractivity (Wildman–Crippen MR) is 118 cm³/mol. The van der Waals surface area contributed by atoms with Crippen molar-refractivity contribution in [2.45, 2.75) is 31.5 Å². The number of fused-ring (bicyclic) bond motifs is 1. The molecule has 4 atom stereocenters. The maximum absolute atomic E-state index is 12.9. The molecule has 170 valence electrons. The third-order valence-corrected chi connectivity index (χ3v) is 6.51. The number of nitrogens with zero attached hydrogens (tertiary/aromatic N) is 1. The number of carbonyl (C=O) groups excluding carboxylic acids is 2. The molecule has 7 heteroatoms. The fourth-order valence-corrected chi connectivity index (χ4v) is 4.83. The van der Waals surface area contributed by atoms with Gasteiger partial charge >= 0.3 is 5.97 Å². The van der Waals surface area contributed by atoms with Crippen LogP contribution in [0.5, 0.6) is 11.5 Å². The highest BCUT2D eigenvalue weighted by Gasteiger charge is 2.43. The van der Waals surface area contributed by atoms with Gasteiger partial charge in [-0.25, -0.2) is 4.79 Å². The molecule has 1 heterocycles. The zero-order valence-corrected chi connectivity index (χ0v) is 18.4. The van der Waals surface area contributed by atoms with E-state index in [-0.39, 0.29) is 23.8 Å². The lowest BCUT2D eigenvalue weighted by molar-refractivity contribution is -0.129. The van der Waals surface area contributed by atoms with Gasteiger partial charge < -0.3 is 24.2 Å². The molecule has 1 saturated heterocycles. The molecule has 1 aliphatic heterocycles. The minimum atomic E-state index is -0.623. The molecule has 0 unspecified atom stereocenters. The third-order valence-electron chi connectivity index (χ3n) is 6.51. The SMILES string of the molecule is COC(=O)c1cccc(O[C@@H]2C[C@@H]3CN(C(=O)Cc4ccccc4OC)C[C@@H]3C[C@H]2O)c1. The molecule has 0 aromatic heterocycles. The average Bonchev–Trinajstić information content (AvgIpc) is 3.22. The molecule has 1 N–H and O–H groups in total. The number of aliphatic hydroxyl groups excluding tert-OH is 1. The molecule has 1 amide bonds. The van der Waals surface area contributed by atoms with Crippen LogP contribution >= 0.6 is 0 Å². The number of aliphatic hydroxyl groups is 1. The van der Waals surface area contributed by atoms with Gasteiger partial charge in [-0.1, -0.05) is 24.3 Å². The van der Waals surface area contributed by atoms with Crippen LogP contribution in [-0.4, -0.2) is 61.4 Å². The van der Waals surface area contributed by atoms with Crippen molar-refractivity contribution in [3.8, 4) is 11.5 Å². The third kappa shape index (κ3) is 4.72. The minimum Gasteiger partial charge on any atom is -0.496 e. The van der Waals surface area contributed by atoms with Gasteiger partial charge in [0.15, 0.2) is 0 Å². The van der Waals surface area contributed by atoms with Crippen LogP contribution in [-0.2, 0) is 16.0 Å². The first-order valence-corrected chi connectivity index (χ1v) is 10.9. The Hall–Kier alpha value is -3.06. The van der Waals surface area contributed by atoms with Crippen LogP contribution in [0.15, 0.2) is 48.5 Å². The number of ether oxygens (including phenoxy) is 3. The van der Waals surface area contributed by atoms with E-state index in [0.29, 0.717) is 43.7 Å². The molecule has 4 rings (SSSR count). The van der Waals surface area contributed by atoms with Crippen LogP contribution in [0.1, 0.15) is 28.8 Å². The van der Waals surface area contributed by atoms with Crippen molar-refractivity contribution >= 4 is 11.9 Å². The Labute approximate surface area is 187 Å². The van der Waals surface area contributed by atoms with Gasteiger partial charge in [0.05, 0.1) is 32.3 Å². The smallest absolute Gasteiger partial charge is 0.337 e. The van der Waals surface area contributed by atoms with E-state index < -0.39 is 12.1 Å². The van der Waals surface area contributed by atoms with Crippen molar-refractivity contribution in [2.75, 3.05) is 27.3 Å². The molecule has 32 heavy (non-hydrogen) atoms. The summed E-state index contributed by atoms with van der Waals surface area (Å²) in [6, 6.07) is 14.4. The highest BCUT2D eigenvalue weighted by atomic mass is 16.5. The monoisotopic (exact) mass is 439 g/mol. The normalized spacial score (nSPS) is 24.5. The summed E-state index contributed by atoms with van der Waals surface area (Å²) in [4.78, 5) is 26.6. The second-order valence-corrected chi connectivity index (χ2v) is 8.52. The number of methoxy groups -OCH3 is 2. The molecule has 1 saturated carbocycles. The molecule has 0 bridgehead atoms. The second kappa shape index (κ2) is 9.61. The molecular weight excluding hydrogens is 410 g/mol. The summed E-state index contributed by atoms with van der Waals surface area (Å²) >= 11 is 0. The van der Waals surface area contributed by atoms with Crippen LogP contribution in [0.25, 0.3) is 0 Å². The van der Waals surface area contributed by atoms with Crippen LogP contribution in [0, 0.1) is 11.8 Å². The molecule has 2 fully saturated rings. The number of hydrogen-bond donors (Lipinski definition) is 1. The quantitative estimate of drug-likeness (QED) is 0.697. The van der Waals surface area contributed by atoms with Gasteiger partial charge in [0.25, 0.3) is 0 Å². The molecule has 1 aliphatic carbocycles. The zero-order chi connectivity index (χ0) is 22.7. The first-order chi connectivity index (χ1) is 15.5. The zero-order valence-electron chi connectivity index (χ0n) is 18.4. The maximum atomic E-state index is 12.9. The summed E-state index contributed by atoms with van der Waals surface area (Å²) in [6.45, 7) is 1.31. The number of hydrogen-bond acceptors (Lipinski definition) is 6. The maximum Gasteiger partial charge on any atom is 0.337 e. The molecule has 0 spiro atoms. The molecular formula is C25H29NO6. The standard InChI is InChI=1S/C25H29NO6/c1-30-22-9-4-3-6-16(22)13-24(28)26-14-18-11-21(27)23(12-19(18)15-26)32-20-8-5-7-17(10-20)25(29)31-2/h3-10,18-19,21,23,27H,11-15H2,1-2H3/t18-,19+,21+,23+/m0/s1. The summed E-state index contributed by atoms with van der Waals surface area (Å²) in [5.74, 6) is 1.41. The van der Waals surface area contributed by atoms with Crippen molar-refractivity contribution in [1.82, 2.24) is 4.90 Å². The number of amides is 1. The topological polar surface area (TPSA) is 85.3 Å². The van der Waals surface area contributed by atoms with Gasteiger partial charge in [0.1, 0.15) is 17.6 Å². The average molecular weight is 440 g/mol. The lowest BCUT2D eigenvalue weighted by Gasteiger charge is -2.35. The predicted octanol–water partition coefficient (Wildman–Crippen LogP) is 2.70. The van der Waals surface area contributed by atoms with Gasteiger partial charge in [-0.15, -0.1) is 0 Å². The first-order valence-electron chi connectivity index (χ1n) is 10.9.